The summed E-state index contributed by atoms with van der Waals surface area (Å²) in [6.07, 6.45) is -0.836. The highest BCUT2D eigenvalue weighted by atomic mass is 16.3. The van der Waals surface area contributed by atoms with Gasteiger partial charge in [-0.2, -0.15) is 5.26 Å². The standard InChI is InChI=1S/C20H17NO/c1-14-7-2-4-10-16(14)20(22)19(13-21)18-12-6-9-15-8-3-5-11-17(15)18/h2-12,19-20,22H,1H3/t19-,20-/m1/s1. The Morgan fingerprint density at radius 2 is 1.50 bits per heavy atom. The van der Waals surface area contributed by atoms with E-state index in [1.807, 2.05) is 73.7 Å². The fraction of sp³-hybridized carbons (Fsp3) is 0.150. The van der Waals surface area contributed by atoms with Gasteiger partial charge in [0.25, 0.3) is 0 Å². The lowest BCUT2D eigenvalue weighted by atomic mass is 9.86. The van der Waals surface area contributed by atoms with Crippen molar-refractivity contribution in [2.45, 2.75) is 18.9 Å². The molecule has 108 valence electrons. The fourth-order valence-corrected chi connectivity index (χ4v) is 2.93. The molecule has 2 heteroatoms. The van der Waals surface area contributed by atoms with E-state index in [1.54, 1.807) is 0 Å². The van der Waals surface area contributed by atoms with Gasteiger partial charge in [-0.15, -0.1) is 0 Å². The lowest BCUT2D eigenvalue weighted by Crippen LogP contribution is -2.11. The van der Waals surface area contributed by atoms with Crippen LogP contribution in [0.3, 0.4) is 0 Å². The molecule has 3 aromatic carbocycles. The van der Waals surface area contributed by atoms with Crippen LogP contribution in [0.25, 0.3) is 10.8 Å². The molecule has 0 unspecified atom stereocenters. The maximum atomic E-state index is 10.8. The van der Waals surface area contributed by atoms with Gasteiger partial charge in [0.2, 0.25) is 0 Å². The van der Waals surface area contributed by atoms with Gasteiger partial charge in [-0.05, 0) is 34.4 Å². The largest absolute Gasteiger partial charge is 0.387 e. The molecule has 0 aliphatic heterocycles. The Bertz CT molecular complexity index is 842. The van der Waals surface area contributed by atoms with Crippen LogP contribution in [0.1, 0.15) is 28.7 Å². The van der Waals surface area contributed by atoms with Crippen LogP contribution in [0, 0.1) is 18.3 Å². The monoisotopic (exact) mass is 287 g/mol. The fourth-order valence-electron chi connectivity index (χ4n) is 2.93. The average molecular weight is 287 g/mol. The number of rotatable bonds is 3. The predicted octanol–water partition coefficient (Wildman–Crippen LogP) is 4.49. The Hall–Kier alpha value is -2.63. The third-order valence-electron chi connectivity index (χ3n) is 4.12. The summed E-state index contributed by atoms with van der Waals surface area (Å²) >= 11 is 0. The first-order valence-corrected chi connectivity index (χ1v) is 7.33. The summed E-state index contributed by atoms with van der Waals surface area (Å²) in [7, 11) is 0. The summed E-state index contributed by atoms with van der Waals surface area (Å²) in [5.41, 5.74) is 2.67. The lowest BCUT2D eigenvalue weighted by molar-refractivity contribution is 0.164. The van der Waals surface area contributed by atoms with Crippen LogP contribution >= 0.6 is 0 Å². The first kappa shape index (κ1) is 14.3. The van der Waals surface area contributed by atoms with Gasteiger partial charge in [0, 0.05) is 0 Å². The van der Waals surface area contributed by atoms with Crippen molar-refractivity contribution in [1.29, 1.82) is 5.26 Å². The SMILES string of the molecule is Cc1ccccc1[C@@H](O)[C@H](C#N)c1cccc2ccccc12. The van der Waals surface area contributed by atoms with E-state index in [2.05, 4.69) is 6.07 Å². The first-order chi connectivity index (χ1) is 10.7. The highest BCUT2D eigenvalue weighted by molar-refractivity contribution is 5.86. The van der Waals surface area contributed by atoms with Crippen molar-refractivity contribution in [3.05, 3.63) is 83.4 Å². The molecule has 0 heterocycles. The molecule has 0 bridgehead atoms. The van der Waals surface area contributed by atoms with Crippen LogP contribution in [0.2, 0.25) is 0 Å². The summed E-state index contributed by atoms with van der Waals surface area (Å²) in [5, 5.41) is 22.5. The van der Waals surface area contributed by atoms with Crippen molar-refractivity contribution in [1.82, 2.24) is 0 Å². The van der Waals surface area contributed by atoms with Crippen LogP contribution in [-0.4, -0.2) is 5.11 Å². The number of aliphatic hydroxyl groups excluding tert-OH is 1. The van der Waals surface area contributed by atoms with Crippen molar-refractivity contribution in [2.24, 2.45) is 0 Å². The number of hydrogen-bond donors (Lipinski definition) is 1. The minimum Gasteiger partial charge on any atom is -0.387 e. The van der Waals surface area contributed by atoms with Gasteiger partial charge in [0.1, 0.15) is 5.92 Å². The second-order valence-corrected chi connectivity index (χ2v) is 5.48. The minimum atomic E-state index is -0.836. The van der Waals surface area contributed by atoms with Crippen LogP contribution in [0.15, 0.2) is 66.7 Å². The lowest BCUT2D eigenvalue weighted by Gasteiger charge is -2.20. The van der Waals surface area contributed by atoms with Gasteiger partial charge in [-0.1, -0.05) is 66.7 Å². The number of aryl methyl sites for hydroxylation is 1. The van der Waals surface area contributed by atoms with Gasteiger partial charge in [0.05, 0.1) is 12.2 Å². The highest BCUT2D eigenvalue weighted by Crippen LogP contribution is 2.35. The van der Waals surface area contributed by atoms with E-state index in [0.717, 1.165) is 27.5 Å². The molecule has 2 atom stereocenters. The first-order valence-electron chi connectivity index (χ1n) is 7.33. The summed E-state index contributed by atoms with van der Waals surface area (Å²) < 4.78 is 0. The molecule has 3 aromatic rings. The number of nitrogens with zero attached hydrogens (tertiary/aromatic N) is 1. The van der Waals surface area contributed by atoms with Crippen molar-refractivity contribution in [2.75, 3.05) is 0 Å². The van der Waals surface area contributed by atoms with Crippen molar-refractivity contribution >= 4 is 10.8 Å². The molecule has 1 N–H and O–H groups in total. The molecule has 0 amide bonds. The Kier molecular flexibility index (Phi) is 3.91. The van der Waals surface area contributed by atoms with Gasteiger partial charge in [-0.25, -0.2) is 0 Å². The Morgan fingerprint density at radius 1 is 0.864 bits per heavy atom. The molecule has 2 nitrogen and oxygen atoms in total. The molecule has 0 aliphatic rings. The third-order valence-corrected chi connectivity index (χ3v) is 4.12. The normalized spacial score (nSPS) is 13.5. The maximum Gasteiger partial charge on any atom is 0.102 e. The van der Waals surface area contributed by atoms with Crippen molar-refractivity contribution < 1.29 is 5.11 Å². The maximum absolute atomic E-state index is 10.8. The van der Waals surface area contributed by atoms with E-state index in [-0.39, 0.29) is 0 Å². The Labute approximate surface area is 130 Å². The molecule has 0 aliphatic carbocycles. The number of fused-ring (bicyclic) bond motifs is 1. The second kappa shape index (κ2) is 6.01. The highest BCUT2D eigenvalue weighted by Gasteiger charge is 2.25. The summed E-state index contributed by atoms with van der Waals surface area (Å²) in [6, 6.07) is 23.8. The Balaban J connectivity index is 2.11. The van der Waals surface area contributed by atoms with E-state index in [0.29, 0.717) is 0 Å². The molecule has 0 spiro atoms. The zero-order valence-corrected chi connectivity index (χ0v) is 12.4. The topological polar surface area (TPSA) is 44.0 Å². The molecule has 0 saturated heterocycles. The van der Waals surface area contributed by atoms with E-state index < -0.39 is 12.0 Å². The smallest absolute Gasteiger partial charge is 0.102 e. The van der Waals surface area contributed by atoms with Gasteiger partial charge in [-0.3, -0.25) is 0 Å². The molecule has 3 rings (SSSR count). The summed E-state index contributed by atoms with van der Waals surface area (Å²) in [6.45, 7) is 1.95. The average Bonchev–Trinajstić information content (AvgIpc) is 2.56. The van der Waals surface area contributed by atoms with Gasteiger partial charge in [0.15, 0.2) is 0 Å². The molecular weight excluding hydrogens is 270 g/mol. The van der Waals surface area contributed by atoms with E-state index in [4.69, 9.17) is 0 Å². The molecule has 22 heavy (non-hydrogen) atoms. The molecule has 0 radical (unpaired) electrons. The van der Waals surface area contributed by atoms with Gasteiger partial charge >= 0.3 is 0 Å². The van der Waals surface area contributed by atoms with Crippen LogP contribution in [0.5, 0.6) is 0 Å². The number of hydrogen-bond acceptors (Lipinski definition) is 2. The van der Waals surface area contributed by atoms with Crippen molar-refractivity contribution in [3.8, 4) is 6.07 Å². The molecular formula is C20H17NO. The second-order valence-electron chi connectivity index (χ2n) is 5.48. The van der Waals surface area contributed by atoms with E-state index in [9.17, 15) is 10.4 Å². The zero-order chi connectivity index (χ0) is 15.5. The zero-order valence-electron chi connectivity index (χ0n) is 12.4. The van der Waals surface area contributed by atoms with Crippen molar-refractivity contribution in [3.63, 3.8) is 0 Å². The van der Waals surface area contributed by atoms with Crippen LogP contribution < -0.4 is 0 Å². The quantitative estimate of drug-likeness (QED) is 0.771. The van der Waals surface area contributed by atoms with Gasteiger partial charge < -0.3 is 5.11 Å². The number of aliphatic hydroxyl groups is 1. The molecule has 0 fully saturated rings. The van der Waals surface area contributed by atoms with E-state index in [1.165, 1.54) is 0 Å². The third kappa shape index (κ3) is 2.47. The minimum absolute atomic E-state index is 0.591. The number of benzene rings is 3. The number of nitriles is 1. The molecule has 0 saturated carbocycles. The predicted molar refractivity (Wildman–Crippen MR) is 88.4 cm³/mol. The van der Waals surface area contributed by atoms with Crippen LogP contribution in [0.4, 0.5) is 0 Å². The summed E-state index contributed by atoms with van der Waals surface area (Å²) in [5.74, 6) is -0.591. The summed E-state index contributed by atoms with van der Waals surface area (Å²) in [4.78, 5) is 0. The van der Waals surface area contributed by atoms with Crippen LogP contribution in [-0.2, 0) is 0 Å². The molecule has 0 aromatic heterocycles. The van der Waals surface area contributed by atoms with E-state index >= 15 is 0 Å². The Morgan fingerprint density at radius 3 is 2.27 bits per heavy atom.